The van der Waals surface area contributed by atoms with Crippen molar-refractivity contribution in [2.45, 2.75) is 19.3 Å². The molecule has 1 saturated carbocycles. The maximum atomic E-state index is 13.4. The van der Waals surface area contributed by atoms with Crippen LogP contribution in [0.15, 0.2) is 22.7 Å². The van der Waals surface area contributed by atoms with Gasteiger partial charge >= 0.3 is 0 Å². The summed E-state index contributed by atoms with van der Waals surface area (Å²) in [4.78, 5) is 12.0. The van der Waals surface area contributed by atoms with E-state index >= 15 is 0 Å². The van der Waals surface area contributed by atoms with Crippen LogP contribution < -0.4 is 5.32 Å². The minimum Gasteiger partial charge on any atom is -0.395 e. The van der Waals surface area contributed by atoms with Gasteiger partial charge in [0.1, 0.15) is 5.82 Å². The van der Waals surface area contributed by atoms with Crippen molar-refractivity contribution in [1.29, 1.82) is 0 Å². The predicted molar refractivity (Wildman–Crippen MR) is 66.1 cm³/mol. The first-order valence-corrected chi connectivity index (χ1v) is 6.24. The molecule has 1 aliphatic carbocycles. The highest BCUT2D eigenvalue weighted by atomic mass is 79.9. The van der Waals surface area contributed by atoms with Crippen molar-refractivity contribution in [2.24, 2.45) is 5.41 Å². The minimum absolute atomic E-state index is 0.143. The summed E-state index contributed by atoms with van der Waals surface area (Å²) in [6, 6.07) is 4.36. The molecule has 0 heterocycles. The van der Waals surface area contributed by atoms with E-state index in [1.165, 1.54) is 12.1 Å². The van der Waals surface area contributed by atoms with Gasteiger partial charge in [0.25, 0.3) is 0 Å². The monoisotopic (exact) mass is 301 g/mol. The van der Waals surface area contributed by atoms with Gasteiger partial charge in [0.2, 0.25) is 5.91 Å². The average molecular weight is 302 g/mol. The summed E-state index contributed by atoms with van der Waals surface area (Å²) < 4.78 is 14.1. The van der Waals surface area contributed by atoms with Gasteiger partial charge in [0.05, 0.1) is 17.7 Å². The molecule has 0 aliphatic heterocycles. The van der Waals surface area contributed by atoms with Gasteiger partial charge in [-0.2, -0.15) is 0 Å². The molecule has 0 aromatic heterocycles. The lowest BCUT2D eigenvalue weighted by atomic mass is 9.68. The van der Waals surface area contributed by atoms with Crippen LogP contribution in [0.1, 0.15) is 19.3 Å². The zero-order valence-corrected chi connectivity index (χ0v) is 10.8. The molecule has 3 nitrogen and oxygen atoms in total. The molecule has 92 valence electrons. The van der Waals surface area contributed by atoms with E-state index < -0.39 is 11.2 Å². The Kier molecular flexibility index (Phi) is 3.49. The second-order valence-electron chi connectivity index (χ2n) is 4.37. The lowest BCUT2D eigenvalue weighted by Crippen LogP contribution is -2.44. The summed E-state index contributed by atoms with van der Waals surface area (Å²) in [6.45, 7) is -0.186. The van der Waals surface area contributed by atoms with Crippen LogP contribution in [0.4, 0.5) is 10.1 Å². The predicted octanol–water partition coefficient (Wildman–Crippen LogP) is 2.69. The number of aliphatic hydroxyl groups excluding tert-OH is 1. The quantitative estimate of drug-likeness (QED) is 0.902. The standard InChI is InChI=1S/C12H13BrFNO2/c13-8-2-3-9(14)10(6-8)15-11(17)12(7-16)4-1-5-12/h2-3,6,16H,1,4-5,7H2,(H,15,17). The largest absolute Gasteiger partial charge is 0.395 e. The van der Waals surface area contributed by atoms with Crippen LogP contribution >= 0.6 is 15.9 Å². The lowest BCUT2D eigenvalue weighted by Gasteiger charge is -2.38. The summed E-state index contributed by atoms with van der Waals surface area (Å²) in [5.41, 5.74) is -0.571. The van der Waals surface area contributed by atoms with Gasteiger partial charge in [-0.05, 0) is 31.0 Å². The summed E-state index contributed by atoms with van der Waals surface area (Å²) in [5.74, 6) is -0.780. The van der Waals surface area contributed by atoms with Crippen molar-refractivity contribution < 1.29 is 14.3 Å². The summed E-state index contributed by atoms with van der Waals surface area (Å²) in [6.07, 6.45) is 2.24. The Morgan fingerprint density at radius 3 is 2.76 bits per heavy atom. The van der Waals surface area contributed by atoms with Gasteiger partial charge in [-0.15, -0.1) is 0 Å². The number of aliphatic hydroxyl groups is 1. The maximum Gasteiger partial charge on any atom is 0.232 e. The number of halogens is 2. The van der Waals surface area contributed by atoms with Crippen LogP contribution in [0.25, 0.3) is 0 Å². The fraction of sp³-hybridized carbons (Fsp3) is 0.417. The van der Waals surface area contributed by atoms with Gasteiger partial charge in [0, 0.05) is 4.47 Å². The van der Waals surface area contributed by atoms with Crippen LogP contribution in [0.5, 0.6) is 0 Å². The van der Waals surface area contributed by atoms with Crippen LogP contribution in [0.2, 0.25) is 0 Å². The van der Waals surface area contributed by atoms with Crippen molar-refractivity contribution in [3.8, 4) is 0 Å². The van der Waals surface area contributed by atoms with Crippen LogP contribution in [0.3, 0.4) is 0 Å². The number of nitrogens with one attached hydrogen (secondary N) is 1. The molecule has 0 radical (unpaired) electrons. The van der Waals surface area contributed by atoms with Gasteiger partial charge in [0.15, 0.2) is 0 Å². The van der Waals surface area contributed by atoms with Gasteiger partial charge in [-0.3, -0.25) is 4.79 Å². The van der Waals surface area contributed by atoms with E-state index in [2.05, 4.69) is 21.2 Å². The molecule has 0 unspecified atom stereocenters. The zero-order chi connectivity index (χ0) is 12.5. The fourth-order valence-electron chi connectivity index (χ4n) is 1.91. The third-order valence-corrected chi connectivity index (χ3v) is 3.76. The number of hydrogen-bond donors (Lipinski definition) is 2. The highest BCUT2D eigenvalue weighted by Crippen LogP contribution is 2.41. The molecule has 2 N–H and O–H groups in total. The van der Waals surface area contributed by atoms with Crippen molar-refractivity contribution in [1.82, 2.24) is 0 Å². The van der Waals surface area contributed by atoms with E-state index in [0.717, 1.165) is 6.42 Å². The first-order valence-electron chi connectivity index (χ1n) is 5.45. The molecule has 0 saturated heterocycles. The fourth-order valence-corrected chi connectivity index (χ4v) is 2.27. The number of carbonyl (C=O) groups is 1. The smallest absolute Gasteiger partial charge is 0.232 e. The molecule has 1 amide bonds. The number of rotatable bonds is 3. The van der Waals surface area contributed by atoms with Gasteiger partial charge < -0.3 is 10.4 Å². The Morgan fingerprint density at radius 2 is 2.24 bits per heavy atom. The van der Waals surface area contributed by atoms with Gasteiger partial charge in [-0.1, -0.05) is 22.4 Å². The first kappa shape index (κ1) is 12.5. The summed E-state index contributed by atoms with van der Waals surface area (Å²) in [7, 11) is 0. The molecule has 0 bridgehead atoms. The van der Waals surface area contributed by atoms with E-state index in [4.69, 9.17) is 0 Å². The molecule has 17 heavy (non-hydrogen) atoms. The second kappa shape index (κ2) is 4.74. The van der Waals surface area contributed by atoms with Gasteiger partial charge in [-0.25, -0.2) is 4.39 Å². The number of carbonyl (C=O) groups excluding carboxylic acids is 1. The minimum atomic E-state index is -0.714. The molecule has 5 heteroatoms. The van der Waals surface area contributed by atoms with E-state index in [9.17, 15) is 14.3 Å². The molecule has 1 aliphatic rings. The van der Waals surface area contributed by atoms with Crippen LogP contribution in [-0.2, 0) is 4.79 Å². The second-order valence-corrected chi connectivity index (χ2v) is 5.29. The number of benzene rings is 1. The molecular formula is C12H13BrFNO2. The Balaban J connectivity index is 2.15. The molecule has 1 aromatic carbocycles. The van der Waals surface area contributed by atoms with Crippen molar-refractivity contribution >= 4 is 27.5 Å². The zero-order valence-electron chi connectivity index (χ0n) is 9.17. The molecule has 0 spiro atoms. The lowest BCUT2D eigenvalue weighted by molar-refractivity contribution is -0.133. The van der Waals surface area contributed by atoms with E-state index in [1.54, 1.807) is 6.07 Å². The van der Waals surface area contributed by atoms with Crippen molar-refractivity contribution in [3.05, 3.63) is 28.5 Å². The molecule has 0 atom stereocenters. The maximum absolute atomic E-state index is 13.4. The van der Waals surface area contributed by atoms with Crippen molar-refractivity contribution in [3.63, 3.8) is 0 Å². The SMILES string of the molecule is O=C(Nc1cc(Br)ccc1F)C1(CO)CCC1. The number of anilines is 1. The molecule has 1 aromatic rings. The Bertz CT molecular complexity index is 441. The Hall–Kier alpha value is -0.940. The molecule has 1 fully saturated rings. The highest BCUT2D eigenvalue weighted by Gasteiger charge is 2.43. The van der Waals surface area contributed by atoms with Crippen LogP contribution in [-0.4, -0.2) is 17.6 Å². The van der Waals surface area contributed by atoms with E-state index in [-0.39, 0.29) is 18.2 Å². The summed E-state index contributed by atoms with van der Waals surface area (Å²) >= 11 is 3.22. The van der Waals surface area contributed by atoms with Crippen LogP contribution in [0, 0.1) is 11.2 Å². The third-order valence-electron chi connectivity index (χ3n) is 3.27. The van der Waals surface area contributed by atoms with E-state index in [1.807, 2.05) is 0 Å². The molecule has 2 rings (SSSR count). The topological polar surface area (TPSA) is 49.3 Å². The Labute approximate surface area is 107 Å². The highest BCUT2D eigenvalue weighted by molar-refractivity contribution is 9.10. The van der Waals surface area contributed by atoms with Crippen molar-refractivity contribution in [2.75, 3.05) is 11.9 Å². The summed E-state index contributed by atoms with van der Waals surface area (Å²) in [5, 5.41) is 11.8. The van der Waals surface area contributed by atoms with E-state index in [0.29, 0.717) is 17.3 Å². The first-order chi connectivity index (χ1) is 8.07. The molecular weight excluding hydrogens is 289 g/mol. The number of amides is 1. The number of hydrogen-bond acceptors (Lipinski definition) is 2. The normalized spacial score (nSPS) is 17.4. The Morgan fingerprint density at radius 1 is 1.53 bits per heavy atom. The average Bonchev–Trinajstić information content (AvgIpc) is 2.23. The third kappa shape index (κ3) is 2.35.